The van der Waals surface area contributed by atoms with Gasteiger partial charge in [0.25, 0.3) is 0 Å². The van der Waals surface area contributed by atoms with Crippen LogP contribution in [0.25, 0.3) is 0 Å². The summed E-state index contributed by atoms with van der Waals surface area (Å²) in [6, 6.07) is 36.5. The average molecular weight is 549 g/mol. The summed E-state index contributed by atoms with van der Waals surface area (Å²) in [6.07, 6.45) is 0.625. The van der Waals surface area contributed by atoms with E-state index < -0.39 is 19.2 Å². The van der Waals surface area contributed by atoms with Crippen LogP contribution < -0.4 is 32.9 Å². The van der Waals surface area contributed by atoms with Crippen molar-refractivity contribution in [3.05, 3.63) is 126 Å². The van der Waals surface area contributed by atoms with Crippen molar-refractivity contribution in [3.8, 4) is 0 Å². The lowest BCUT2D eigenvalue weighted by Crippen LogP contribution is -3.00. The van der Waals surface area contributed by atoms with Crippen molar-refractivity contribution < 1.29 is 36.0 Å². The van der Waals surface area contributed by atoms with E-state index in [0.717, 1.165) is 5.56 Å². The lowest BCUT2D eigenvalue weighted by atomic mass is 10.1. The molecule has 0 bridgehead atoms. The maximum absolute atomic E-state index is 12.4. The number of rotatable bonds is 7. The number of hydrogen-bond donors (Lipinski definition) is 0. The van der Waals surface area contributed by atoms with E-state index in [1.165, 1.54) is 36.2 Å². The van der Waals surface area contributed by atoms with Crippen molar-refractivity contribution in [2.45, 2.75) is 6.16 Å². The van der Waals surface area contributed by atoms with Crippen LogP contribution in [0.2, 0.25) is 0 Å². The standard InChI is InChI=1S/C29H26O4P.BrH/c1-32-28(30)23-18-22(19-24(20-23)29(31)33-2)21-34(25-12-6-3-7-13-25,26-14-8-4-9-15-26)27-16-10-5-11-17-27;/h3-20H,21H2,1-2H3;1H/q+1;/p-1. The summed E-state index contributed by atoms with van der Waals surface area (Å²) in [5, 5.41) is 3.65. The number of methoxy groups -OCH3 is 2. The second-order valence-corrected chi connectivity index (χ2v) is 11.4. The van der Waals surface area contributed by atoms with Crippen LogP contribution in [-0.2, 0) is 15.6 Å². The highest BCUT2D eigenvalue weighted by molar-refractivity contribution is 7.95. The first-order valence-corrected chi connectivity index (χ1v) is 12.9. The Kier molecular flexibility index (Phi) is 8.97. The Hall–Kier alpha value is -3.27. The normalized spacial score (nSPS) is 10.7. The molecule has 0 radical (unpaired) electrons. The molecule has 4 aromatic rings. The fourth-order valence-corrected chi connectivity index (χ4v) is 8.51. The maximum atomic E-state index is 12.4. The van der Waals surface area contributed by atoms with E-state index in [2.05, 4.69) is 72.8 Å². The molecule has 35 heavy (non-hydrogen) atoms. The molecule has 0 saturated heterocycles. The zero-order valence-electron chi connectivity index (χ0n) is 19.6. The Morgan fingerprint density at radius 3 is 1.26 bits per heavy atom. The second-order valence-electron chi connectivity index (χ2n) is 7.88. The third kappa shape index (κ3) is 5.53. The number of benzene rings is 4. The second kappa shape index (κ2) is 11.9. The van der Waals surface area contributed by atoms with Crippen molar-refractivity contribution in [2.24, 2.45) is 0 Å². The van der Waals surface area contributed by atoms with E-state index in [9.17, 15) is 9.59 Å². The molecule has 0 aliphatic carbocycles. The van der Waals surface area contributed by atoms with Gasteiger partial charge >= 0.3 is 11.9 Å². The Bertz CT molecular complexity index is 1150. The van der Waals surface area contributed by atoms with Crippen LogP contribution in [-0.4, -0.2) is 26.2 Å². The van der Waals surface area contributed by atoms with Crippen molar-refractivity contribution in [3.63, 3.8) is 0 Å². The topological polar surface area (TPSA) is 52.6 Å². The zero-order chi connectivity index (χ0) is 24.0. The Morgan fingerprint density at radius 1 is 0.600 bits per heavy atom. The summed E-state index contributed by atoms with van der Waals surface area (Å²) >= 11 is 0. The molecule has 4 rings (SSSR count). The minimum atomic E-state index is -2.20. The predicted molar refractivity (Wildman–Crippen MR) is 138 cm³/mol. The molecule has 0 aliphatic heterocycles. The van der Waals surface area contributed by atoms with E-state index in [0.29, 0.717) is 17.3 Å². The van der Waals surface area contributed by atoms with Gasteiger partial charge in [0.2, 0.25) is 0 Å². The van der Waals surface area contributed by atoms with Gasteiger partial charge in [-0.05, 0) is 60.2 Å². The van der Waals surface area contributed by atoms with Gasteiger partial charge in [-0.1, -0.05) is 54.6 Å². The first-order chi connectivity index (χ1) is 16.6. The van der Waals surface area contributed by atoms with Crippen LogP contribution in [0.15, 0.2) is 109 Å². The van der Waals surface area contributed by atoms with Crippen molar-refractivity contribution in [2.75, 3.05) is 14.2 Å². The molecule has 6 heteroatoms. The fourth-order valence-electron chi connectivity index (χ4n) is 4.30. The van der Waals surface area contributed by atoms with Gasteiger partial charge < -0.3 is 26.5 Å². The largest absolute Gasteiger partial charge is 1.00 e. The van der Waals surface area contributed by atoms with E-state index in [1.807, 2.05) is 30.3 Å². The molecular weight excluding hydrogens is 523 g/mol. The third-order valence-corrected chi connectivity index (χ3v) is 10.2. The lowest BCUT2D eigenvalue weighted by molar-refractivity contribution is -0.0000356. The minimum absolute atomic E-state index is 0. The zero-order valence-corrected chi connectivity index (χ0v) is 22.0. The highest BCUT2D eigenvalue weighted by Crippen LogP contribution is 2.58. The van der Waals surface area contributed by atoms with Gasteiger partial charge in [-0.3, -0.25) is 0 Å². The molecule has 0 heterocycles. The van der Waals surface area contributed by atoms with Gasteiger partial charge in [0.05, 0.1) is 31.5 Å². The third-order valence-electron chi connectivity index (χ3n) is 5.85. The number of esters is 2. The number of halogens is 1. The summed E-state index contributed by atoms with van der Waals surface area (Å²) in [4.78, 5) is 24.9. The van der Waals surface area contributed by atoms with Crippen molar-refractivity contribution >= 4 is 35.1 Å². The van der Waals surface area contributed by atoms with Gasteiger partial charge in [-0.25, -0.2) is 9.59 Å². The van der Waals surface area contributed by atoms with Gasteiger partial charge in [0.1, 0.15) is 23.2 Å². The smallest absolute Gasteiger partial charge is 0.337 e. The predicted octanol–water partition coefficient (Wildman–Crippen LogP) is 1.76. The molecule has 0 fully saturated rings. The highest BCUT2D eigenvalue weighted by atomic mass is 79.9. The van der Waals surface area contributed by atoms with Crippen LogP contribution in [0.5, 0.6) is 0 Å². The summed E-state index contributed by atoms with van der Waals surface area (Å²) in [7, 11) is 0.474. The molecule has 0 spiro atoms. The monoisotopic (exact) mass is 548 g/mol. The summed E-state index contributed by atoms with van der Waals surface area (Å²) < 4.78 is 9.92. The van der Waals surface area contributed by atoms with Crippen LogP contribution in [0.1, 0.15) is 26.3 Å². The van der Waals surface area contributed by atoms with Crippen LogP contribution >= 0.6 is 7.26 Å². The van der Waals surface area contributed by atoms with E-state index in [4.69, 9.17) is 9.47 Å². The Morgan fingerprint density at radius 2 is 0.943 bits per heavy atom. The number of hydrogen-bond acceptors (Lipinski definition) is 4. The van der Waals surface area contributed by atoms with E-state index in [-0.39, 0.29) is 17.0 Å². The molecule has 0 unspecified atom stereocenters. The molecule has 0 aliphatic rings. The summed E-state index contributed by atoms with van der Waals surface area (Å²) in [5.41, 5.74) is 1.52. The molecule has 0 amide bonds. The fraction of sp³-hybridized carbons (Fsp3) is 0.103. The first kappa shape index (κ1) is 26.3. The molecular formula is C29H26BrO4P. The SMILES string of the molecule is COC(=O)c1cc(C[P+](c2ccccc2)(c2ccccc2)c2ccccc2)cc(C(=O)OC)c1.[Br-]. The van der Waals surface area contributed by atoms with Gasteiger partial charge in [-0.15, -0.1) is 0 Å². The molecule has 0 saturated carbocycles. The molecule has 4 nitrogen and oxygen atoms in total. The quantitative estimate of drug-likeness (QED) is 0.261. The average Bonchev–Trinajstić information content (AvgIpc) is 2.92. The highest BCUT2D eigenvalue weighted by Gasteiger charge is 2.45. The maximum Gasteiger partial charge on any atom is 0.337 e. The number of ether oxygens (including phenoxy) is 2. The van der Waals surface area contributed by atoms with Crippen molar-refractivity contribution in [1.82, 2.24) is 0 Å². The minimum Gasteiger partial charge on any atom is -1.00 e. The van der Waals surface area contributed by atoms with Gasteiger partial charge in [-0.2, -0.15) is 0 Å². The molecule has 0 atom stereocenters. The van der Waals surface area contributed by atoms with E-state index >= 15 is 0 Å². The Balaban J connectivity index is 0.00000342. The van der Waals surface area contributed by atoms with Crippen LogP contribution in [0.3, 0.4) is 0 Å². The number of carbonyl (C=O) groups excluding carboxylic acids is 2. The lowest BCUT2D eigenvalue weighted by Gasteiger charge is -2.28. The van der Waals surface area contributed by atoms with Gasteiger partial charge in [0, 0.05) is 0 Å². The van der Waals surface area contributed by atoms with Crippen LogP contribution in [0.4, 0.5) is 0 Å². The molecule has 4 aromatic carbocycles. The molecule has 178 valence electrons. The number of carbonyl (C=O) groups is 2. The molecule has 0 N–H and O–H groups in total. The summed E-state index contributed by atoms with van der Waals surface area (Å²) in [6.45, 7) is 0. The van der Waals surface area contributed by atoms with Gasteiger partial charge in [0.15, 0.2) is 0 Å². The summed E-state index contributed by atoms with van der Waals surface area (Å²) in [5.74, 6) is -0.981. The molecule has 0 aromatic heterocycles. The van der Waals surface area contributed by atoms with E-state index in [1.54, 1.807) is 0 Å². The van der Waals surface area contributed by atoms with Crippen LogP contribution in [0, 0.1) is 0 Å². The Labute approximate surface area is 217 Å². The first-order valence-electron chi connectivity index (χ1n) is 10.9. The van der Waals surface area contributed by atoms with Crippen molar-refractivity contribution in [1.29, 1.82) is 0 Å².